The third kappa shape index (κ3) is 5.65. The quantitative estimate of drug-likeness (QED) is 0.494. The molecule has 0 fully saturated rings. The van der Waals surface area contributed by atoms with Gasteiger partial charge >= 0.3 is 0 Å². The number of halogens is 2. The molecule has 1 heterocycles. The van der Waals surface area contributed by atoms with Crippen LogP contribution in [0, 0.1) is 6.92 Å². The van der Waals surface area contributed by atoms with Crippen molar-refractivity contribution in [1.82, 2.24) is 14.8 Å². The van der Waals surface area contributed by atoms with Crippen molar-refractivity contribution in [2.75, 3.05) is 11.1 Å². The summed E-state index contributed by atoms with van der Waals surface area (Å²) in [4.78, 5) is 12.2. The number of nitrogens with one attached hydrogen (secondary N) is 1. The van der Waals surface area contributed by atoms with E-state index in [9.17, 15) is 4.79 Å². The summed E-state index contributed by atoms with van der Waals surface area (Å²) in [6.45, 7) is 3.84. The number of aromatic nitrogens is 3. The Balaban J connectivity index is 1.60. The van der Waals surface area contributed by atoms with Crippen molar-refractivity contribution < 1.29 is 9.53 Å². The van der Waals surface area contributed by atoms with Gasteiger partial charge in [0.05, 0.1) is 5.75 Å². The molecule has 6 nitrogen and oxygen atoms in total. The van der Waals surface area contributed by atoms with Gasteiger partial charge in [-0.25, -0.2) is 0 Å². The maximum Gasteiger partial charge on any atom is 0.234 e. The van der Waals surface area contributed by atoms with E-state index in [1.807, 2.05) is 37.6 Å². The normalized spacial score (nSPS) is 11.9. The summed E-state index contributed by atoms with van der Waals surface area (Å²) in [5.74, 6) is 1.45. The second kappa shape index (κ2) is 9.52. The number of benzene rings is 2. The summed E-state index contributed by atoms with van der Waals surface area (Å²) in [7, 11) is 1.85. The number of nitrogens with zero attached hydrogens (tertiary/aromatic N) is 3. The summed E-state index contributed by atoms with van der Waals surface area (Å²) in [5, 5.41) is 13.1. The minimum absolute atomic E-state index is 0.150. The predicted molar refractivity (Wildman–Crippen MR) is 117 cm³/mol. The van der Waals surface area contributed by atoms with Gasteiger partial charge < -0.3 is 14.6 Å². The highest BCUT2D eigenvalue weighted by Crippen LogP contribution is 2.27. The van der Waals surface area contributed by atoms with Crippen molar-refractivity contribution in [2.24, 2.45) is 7.05 Å². The molecule has 0 saturated heterocycles. The summed E-state index contributed by atoms with van der Waals surface area (Å²) < 4.78 is 7.84. The van der Waals surface area contributed by atoms with Crippen LogP contribution in [0.2, 0.25) is 10.0 Å². The molecule has 1 atom stereocenters. The number of aryl methyl sites for hydroxylation is 1. The molecule has 0 bridgehead atoms. The van der Waals surface area contributed by atoms with Gasteiger partial charge in [-0.15, -0.1) is 10.2 Å². The zero-order valence-corrected chi connectivity index (χ0v) is 18.5. The Morgan fingerprint density at radius 2 is 1.97 bits per heavy atom. The molecule has 2 aromatic carbocycles. The van der Waals surface area contributed by atoms with Crippen LogP contribution in [-0.2, 0) is 11.8 Å². The zero-order valence-electron chi connectivity index (χ0n) is 16.1. The van der Waals surface area contributed by atoms with Crippen LogP contribution in [0.15, 0.2) is 47.6 Å². The first-order valence-corrected chi connectivity index (χ1v) is 10.6. The predicted octanol–water partition coefficient (Wildman–Crippen LogP) is 5.30. The molecule has 3 aromatic rings. The highest BCUT2D eigenvalue weighted by atomic mass is 35.5. The molecule has 29 heavy (non-hydrogen) atoms. The second-order valence-electron chi connectivity index (χ2n) is 6.42. The number of ether oxygens (including phenoxy) is 1. The molecule has 1 unspecified atom stereocenters. The first-order chi connectivity index (χ1) is 13.8. The SMILES string of the molecule is Cc1cc(Cl)ccc1OC(C)c1nnc(SCC(=O)Nc2cccc(Cl)c2)n1C. The average molecular weight is 451 g/mol. The van der Waals surface area contributed by atoms with Crippen molar-refractivity contribution in [3.05, 3.63) is 63.9 Å². The average Bonchev–Trinajstić information content (AvgIpc) is 3.03. The van der Waals surface area contributed by atoms with E-state index in [1.165, 1.54) is 11.8 Å². The highest BCUT2D eigenvalue weighted by molar-refractivity contribution is 7.99. The Hall–Kier alpha value is -2.22. The molecule has 0 radical (unpaired) electrons. The molecule has 0 aliphatic carbocycles. The fourth-order valence-electron chi connectivity index (χ4n) is 2.69. The van der Waals surface area contributed by atoms with Gasteiger partial charge in [0.1, 0.15) is 5.75 Å². The van der Waals surface area contributed by atoms with E-state index >= 15 is 0 Å². The molecule has 0 aliphatic heterocycles. The van der Waals surface area contributed by atoms with Crippen LogP contribution in [0.25, 0.3) is 0 Å². The molecule has 9 heteroatoms. The number of amides is 1. The van der Waals surface area contributed by atoms with Crippen LogP contribution in [0.1, 0.15) is 24.4 Å². The number of rotatable bonds is 7. The lowest BCUT2D eigenvalue weighted by Crippen LogP contribution is -2.15. The molecular weight excluding hydrogens is 431 g/mol. The van der Waals surface area contributed by atoms with Crippen molar-refractivity contribution in [2.45, 2.75) is 25.1 Å². The summed E-state index contributed by atoms with van der Waals surface area (Å²) in [6, 6.07) is 12.5. The lowest BCUT2D eigenvalue weighted by Gasteiger charge is -2.16. The third-order valence-electron chi connectivity index (χ3n) is 4.11. The topological polar surface area (TPSA) is 69.0 Å². The van der Waals surface area contributed by atoms with Crippen LogP contribution in [0.5, 0.6) is 5.75 Å². The van der Waals surface area contributed by atoms with E-state index < -0.39 is 0 Å². The van der Waals surface area contributed by atoms with E-state index in [4.69, 9.17) is 27.9 Å². The zero-order chi connectivity index (χ0) is 21.0. The van der Waals surface area contributed by atoms with Crippen LogP contribution in [0.4, 0.5) is 5.69 Å². The van der Waals surface area contributed by atoms with Gasteiger partial charge in [-0.3, -0.25) is 4.79 Å². The minimum atomic E-state index is -0.318. The number of hydrogen-bond acceptors (Lipinski definition) is 5. The number of carbonyl (C=O) groups is 1. The van der Waals surface area contributed by atoms with Gasteiger partial charge in [0.15, 0.2) is 17.1 Å². The van der Waals surface area contributed by atoms with Crippen molar-refractivity contribution in [1.29, 1.82) is 0 Å². The lowest BCUT2D eigenvalue weighted by atomic mass is 10.2. The molecule has 1 aromatic heterocycles. The molecule has 152 valence electrons. The highest BCUT2D eigenvalue weighted by Gasteiger charge is 2.18. The van der Waals surface area contributed by atoms with Gasteiger partial charge in [0, 0.05) is 22.8 Å². The number of anilines is 1. The summed E-state index contributed by atoms with van der Waals surface area (Å²) in [6.07, 6.45) is -0.318. The third-order valence-corrected chi connectivity index (χ3v) is 5.60. The Morgan fingerprint density at radius 1 is 1.21 bits per heavy atom. The second-order valence-corrected chi connectivity index (χ2v) is 8.23. The van der Waals surface area contributed by atoms with E-state index in [0.29, 0.717) is 26.7 Å². The monoisotopic (exact) mass is 450 g/mol. The Kier molecular flexibility index (Phi) is 7.05. The first-order valence-electron chi connectivity index (χ1n) is 8.84. The lowest BCUT2D eigenvalue weighted by molar-refractivity contribution is -0.113. The molecule has 1 N–H and O–H groups in total. The maximum atomic E-state index is 12.2. The van der Waals surface area contributed by atoms with E-state index in [2.05, 4.69) is 15.5 Å². The van der Waals surface area contributed by atoms with Crippen molar-refractivity contribution in [3.63, 3.8) is 0 Å². The largest absolute Gasteiger partial charge is 0.482 e. The van der Waals surface area contributed by atoms with Crippen molar-refractivity contribution >= 4 is 46.6 Å². The molecule has 3 rings (SSSR count). The molecule has 1 amide bonds. The number of carbonyl (C=O) groups excluding carboxylic acids is 1. The minimum Gasteiger partial charge on any atom is -0.482 e. The molecular formula is C20H20Cl2N4O2S. The Bertz CT molecular complexity index is 1030. The first kappa shape index (κ1) is 21.5. The van der Waals surface area contributed by atoms with E-state index in [1.54, 1.807) is 30.3 Å². The molecule has 0 aliphatic rings. The summed E-state index contributed by atoms with van der Waals surface area (Å²) in [5.41, 5.74) is 1.60. The molecule has 0 spiro atoms. The maximum absolute atomic E-state index is 12.2. The number of thioether (sulfide) groups is 1. The fraction of sp³-hybridized carbons (Fsp3) is 0.250. The van der Waals surface area contributed by atoms with Crippen LogP contribution >= 0.6 is 35.0 Å². The number of hydrogen-bond donors (Lipinski definition) is 1. The smallest absolute Gasteiger partial charge is 0.234 e. The summed E-state index contributed by atoms with van der Waals surface area (Å²) >= 11 is 13.2. The van der Waals surface area contributed by atoms with Gasteiger partial charge in [-0.2, -0.15) is 0 Å². The van der Waals surface area contributed by atoms with Gasteiger partial charge in [-0.1, -0.05) is 41.0 Å². The Labute approximate surface area is 183 Å². The van der Waals surface area contributed by atoms with E-state index in [0.717, 1.165) is 11.3 Å². The molecule has 0 saturated carbocycles. The standard InChI is InChI=1S/C20H20Cl2N4O2S/c1-12-9-15(22)7-8-17(12)28-13(2)19-24-25-20(26(19)3)29-11-18(27)23-16-6-4-5-14(21)10-16/h4-10,13H,11H2,1-3H3,(H,23,27). The van der Waals surface area contributed by atoms with E-state index in [-0.39, 0.29) is 17.8 Å². The van der Waals surface area contributed by atoms with Gasteiger partial charge in [0.25, 0.3) is 0 Å². The van der Waals surface area contributed by atoms with Crippen LogP contribution < -0.4 is 10.1 Å². The van der Waals surface area contributed by atoms with Gasteiger partial charge in [-0.05, 0) is 55.8 Å². The van der Waals surface area contributed by atoms with Gasteiger partial charge in [0.2, 0.25) is 5.91 Å². The Morgan fingerprint density at radius 3 is 2.69 bits per heavy atom. The van der Waals surface area contributed by atoms with Crippen LogP contribution in [-0.4, -0.2) is 26.4 Å². The fourth-order valence-corrected chi connectivity index (χ4v) is 3.82. The van der Waals surface area contributed by atoms with Crippen LogP contribution in [0.3, 0.4) is 0 Å². The van der Waals surface area contributed by atoms with Crippen molar-refractivity contribution in [3.8, 4) is 5.75 Å².